The molecule has 5 heteroatoms. The van der Waals surface area contributed by atoms with Crippen molar-refractivity contribution in [2.75, 3.05) is 0 Å². The van der Waals surface area contributed by atoms with Crippen molar-refractivity contribution in [1.29, 1.82) is 0 Å². The largest absolute Gasteiger partial charge is 0.768 e. The molecular weight excluding hydrogens is 283 g/mol. The van der Waals surface area contributed by atoms with Crippen molar-refractivity contribution in [3.63, 3.8) is 0 Å². The van der Waals surface area contributed by atoms with Crippen LogP contribution in [0, 0.1) is 0 Å². The molecule has 1 radical (unpaired) electrons. The standard InChI is InChI=1S/C16H18BO3S/c1-16(2,3)17-12-4-6-13(7-5-12)20-14-8-10-15(11-9-14)21(18)19/h4-11H,1-3H3,(H,18,19)/p-1. The van der Waals surface area contributed by atoms with Crippen LogP contribution in [0.4, 0.5) is 0 Å². The summed E-state index contributed by atoms with van der Waals surface area (Å²) in [6.07, 6.45) is 0. The van der Waals surface area contributed by atoms with E-state index in [1.165, 1.54) is 12.1 Å². The van der Waals surface area contributed by atoms with Gasteiger partial charge in [-0.3, -0.25) is 4.21 Å². The number of ether oxygens (including phenoxy) is 1. The monoisotopic (exact) mass is 300 g/mol. The molecule has 1 atom stereocenters. The van der Waals surface area contributed by atoms with Gasteiger partial charge in [0.15, 0.2) is 7.28 Å². The fourth-order valence-electron chi connectivity index (χ4n) is 1.89. The highest BCUT2D eigenvalue weighted by Crippen LogP contribution is 2.23. The van der Waals surface area contributed by atoms with Crippen LogP contribution in [0.15, 0.2) is 53.4 Å². The molecule has 2 aromatic carbocycles. The highest BCUT2D eigenvalue weighted by Gasteiger charge is 2.13. The van der Waals surface area contributed by atoms with Crippen LogP contribution in [-0.4, -0.2) is 16.0 Å². The normalized spacial score (nSPS) is 12.8. The summed E-state index contributed by atoms with van der Waals surface area (Å²) in [7, 11) is 2.19. The van der Waals surface area contributed by atoms with E-state index < -0.39 is 11.1 Å². The summed E-state index contributed by atoms with van der Waals surface area (Å²) < 4.78 is 27.2. The van der Waals surface area contributed by atoms with Crippen LogP contribution in [0.3, 0.4) is 0 Å². The van der Waals surface area contributed by atoms with E-state index >= 15 is 0 Å². The molecule has 0 bridgehead atoms. The number of rotatable bonds is 4. The Kier molecular flexibility index (Phi) is 4.86. The zero-order valence-corrected chi connectivity index (χ0v) is 13.1. The van der Waals surface area contributed by atoms with Crippen LogP contribution >= 0.6 is 0 Å². The minimum Gasteiger partial charge on any atom is -0.768 e. The van der Waals surface area contributed by atoms with Crippen LogP contribution in [-0.2, 0) is 11.1 Å². The maximum atomic E-state index is 10.8. The first-order valence-electron chi connectivity index (χ1n) is 6.67. The lowest BCUT2D eigenvalue weighted by Gasteiger charge is -2.16. The van der Waals surface area contributed by atoms with E-state index in [2.05, 4.69) is 28.1 Å². The predicted octanol–water partition coefficient (Wildman–Crippen LogP) is 3.26. The molecule has 0 heterocycles. The zero-order chi connectivity index (χ0) is 15.5. The molecule has 0 aromatic heterocycles. The third-order valence-electron chi connectivity index (χ3n) is 2.73. The Hall–Kier alpha value is -1.59. The van der Waals surface area contributed by atoms with Crippen molar-refractivity contribution in [2.24, 2.45) is 0 Å². The lowest BCUT2D eigenvalue weighted by atomic mass is 9.51. The van der Waals surface area contributed by atoms with Crippen molar-refractivity contribution in [2.45, 2.75) is 31.0 Å². The van der Waals surface area contributed by atoms with Crippen molar-refractivity contribution in [3.05, 3.63) is 48.5 Å². The van der Waals surface area contributed by atoms with Gasteiger partial charge in [-0.15, -0.1) is 0 Å². The summed E-state index contributed by atoms with van der Waals surface area (Å²) in [5.74, 6) is 1.33. The second kappa shape index (κ2) is 6.45. The van der Waals surface area contributed by atoms with Gasteiger partial charge in [0.25, 0.3) is 0 Å². The number of hydrogen-bond donors (Lipinski definition) is 0. The fraction of sp³-hybridized carbons (Fsp3) is 0.250. The molecular formula is C16H17BO3S-. The van der Waals surface area contributed by atoms with E-state index in [1.807, 2.05) is 24.3 Å². The minimum atomic E-state index is -2.21. The second-order valence-electron chi connectivity index (χ2n) is 5.89. The van der Waals surface area contributed by atoms with Crippen LogP contribution in [0.25, 0.3) is 0 Å². The van der Waals surface area contributed by atoms with Gasteiger partial charge in [-0.1, -0.05) is 43.7 Å². The molecule has 0 saturated carbocycles. The van der Waals surface area contributed by atoms with Crippen LogP contribution in [0.1, 0.15) is 20.8 Å². The third-order valence-corrected chi connectivity index (χ3v) is 3.39. The Labute approximate surface area is 128 Å². The quantitative estimate of drug-likeness (QED) is 0.643. The first-order valence-corrected chi connectivity index (χ1v) is 7.74. The van der Waals surface area contributed by atoms with E-state index in [4.69, 9.17) is 4.74 Å². The molecule has 2 rings (SSSR count). The Morgan fingerprint density at radius 1 is 0.952 bits per heavy atom. The molecule has 0 amide bonds. The van der Waals surface area contributed by atoms with Gasteiger partial charge in [0.1, 0.15) is 11.5 Å². The molecule has 0 saturated heterocycles. The molecule has 0 aliphatic heterocycles. The number of benzene rings is 2. The van der Waals surface area contributed by atoms with Gasteiger partial charge in [-0.2, -0.15) is 0 Å². The van der Waals surface area contributed by atoms with Crippen molar-refractivity contribution in [1.82, 2.24) is 0 Å². The molecule has 0 fully saturated rings. The van der Waals surface area contributed by atoms with E-state index in [9.17, 15) is 8.76 Å². The first kappa shape index (κ1) is 15.8. The summed E-state index contributed by atoms with van der Waals surface area (Å²) >= 11 is -2.21. The van der Waals surface area contributed by atoms with Crippen molar-refractivity contribution >= 4 is 23.8 Å². The zero-order valence-electron chi connectivity index (χ0n) is 12.3. The van der Waals surface area contributed by atoms with E-state index in [-0.39, 0.29) is 10.2 Å². The van der Waals surface area contributed by atoms with Crippen LogP contribution in [0.5, 0.6) is 11.5 Å². The highest BCUT2D eigenvalue weighted by atomic mass is 32.2. The molecule has 0 aliphatic carbocycles. The molecule has 0 aliphatic rings. The molecule has 0 spiro atoms. The minimum absolute atomic E-state index is 0.131. The molecule has 109 valence electrons. The van der Waals surface area contributed by atoms with E-state index in [1.54, 1.807) is 12.1 Å². The topological polar surface area (TPSA) is 49.4 Å². The predicted molar refractivity (Wildman–Crippen MR) is 85.2 cm³/mol. The highest BCUT2D eigenvalue weighted by molar-refractivity contribution is 7.79. The fourth-order valence-corrected chi connectivity index (χ4v) is 2.25. The summed E-state index contributed by atoms with van der Waals surface area (Å²) in [5.41, 5.74) is 1.15. The summed E-state index contributed by atoms with van der Waals surface area (Å²) in [6, 6.07) is 14.1. The first-order chi connectivity index (χ1) is 9.83. The lowest BCUT2D eigenvalue weighted by Crippen LogP contribution is -2.22. The van der Waals surface area contributed by atoms with Crippen molar-refractivity contribution < 1.29 is 13.5 Å². The smallest absolute Gasteiger partial charge is 0.157 e. The molecule has 21 heavy (non-hydrogen) atoms. The molecule has 2 aromatic rings. The van der Waals surface area contributed by atoms with Crippen molar-refractivity contribution in [3.8, 4) is 11.5 Å². The van der Waals surface area contributed by atoms with E-state index in [0.29, 0.717) is 5.75 Å². The average molecular weight is 300 g/mol. The molecule has 3 nitrogen and oxygen atoms in total. The van der Waals surface area contributed by atoms with Crippen LogP contribution < -0.4 is 10.2 Å². The number of hydrogen-bond acceptors (Lipinski definition) is 3. The van der Waals surface area contributed by atoms with Gasteiger partial charge in [0.2, 0.25) is 0 Å². The van der Waals surface area contributed by atoms with Gasteiger partial charge in [-0.25, -0.2) is 0 Å². The summed E-state index contributed by atoms with van der Waals surface area (Å²) in [4.78, 5) is 0.248. The van der Waals surface area contributed by atoms with Crippen LogP contribution in [0.2, 0.25) is 5.31 Å². The Morgan fingerprint density at radius 3 is 1.86 bits per heavy atom. The Bertz CT molecular complexity index is 615. The van der Waals surface area contributed by atoms with Gasteiger partial charge in [-0.05, 0) is 47.5 Å². The van der Waals surface area contributed by atoms with Gasteiger partial charge in [0.05, 0.1) is 0 Å². The van der Waals surface area contributed by atoms with E-state index in [0.717, 1.165) is 11.2 Å². The lowest BCUT2D eigenvalue weighted by molar-refractivity contribution is 0.482. The maximum absolute atomic E-state index is 10.8. The second-order valence-corrected chi connectivity index (χ2v) is 6.83. The third kappa shape index (κ3) is 5.03. The Morgan fingerprint density at radius 2 is 1.43 bits per heavy atom. The molecule has 0 N–H and O–H groups in total. The summed E-state index contributed by atoms with van der Waals surface area (Å²) in [6.45, 7) is 6.46. The molecule has 1 unspecified atom stereocenters. The Balaban J connectivity index is 2.04. The van der Waals surface area contributed by atoms with Gasteiger partial charge >= 0.3 is 0 Å². The average Bonchev–Trinajstić information content (AvgIpc) is 2.40. The van der Waals surface area contributed by atoms with Gasteiger partial charge in [0, 0.05) is 4.90 Å². The SMILES string of the molecule is CC(C)(C)[B]c1ccc(Oc2ccc(S(=O)[O-])cc2)cc1. The maximum Gasteiger partial charge on any atom is 0.157 e. The summed E-state index contributed by atoms with van der Waals surface area (Å²) in [5, 5.41) is 0.131. The van der Waals surface area contributed by atoms with Gasteiger partial charge < -0.3 is 9.29 Å².